The fraction of sp³-hybridized carbons (Fsp3) is 0.185. The van der Waals surface area contributed by atoms with Gasteiger partial charge in [0.1, 0.15) is 23.0 Å². The number of nitrogens with one attached hydrogen (secondary N) is 1. The fourth-order valence-electron chi connectivity index (χ4n) is 4.06. The number of furan rings is 2. The molecular weight excluding hydrogens is 448 g/mol. The minimum atomic E-state index is -0.273. The van der Waals surface area contributed by atoms with Crippen molar-refractivity contribution in [1.82, 2.24) is 4.90 Å². The van der Waals surface area contributed by atoms with E-state index in [1.54, 1.807) is 35.2 Å². The van der Waals surface area contributed by atoms with Gasteiger partial charge in [-0.2, -0.15) is 0 Å². The highest BCUT2D eigenvalue weighted by molar-refractivity contribution is 6.04. The number of methoxy groups -OCH3 is 2. The molecule has 0 unspecified atom stereocenters. The van der Waals surface area contributed by atoms with E-state index in [9.17, 15) is 9.59 Å². The topological polar surface area (TPSA) is 94.2 Å². The molecule has 4 aromatic rings. The zero-order chi connectivity index (χ0) is 24.4. The molecule has 178 valence electrons. The first-order chi connectivity index (χ1) is 17.0. The van der Waals surface area contributed by atoms with E-state index < -0.39 is 0 Å². The van der Waals surface area contributed by atoms with E-state index in [-0.39, 0.29) is 11.8 Å². The highest BCUT2D eigenvalue weighted by atomic mass is 16.5. The van der Waals surface area contributed by atoms with Crippen LogP contribution >= 0.6 is 0 Å². The number of rotatable bonds is 6. The number of carbonyl (C=O) groups is 2. The van der Waals surface area contributed by atoms with Gasteiger partial charge in [0.25, 0.3) is 11.8 Å². The second kappa shape index (κ2) is 9.42. The highest BCUT2D eigenvalue weighted by Crippen LogP contribution is 2.31. The summed E-state index contributed by atoms with van der Waals surface area (Å²) >= 11 is 0. The van der Waals surface area contributed by atoms with Gasteiger partial charge in [-0.05, 0) is 54.6 Å². The third kappa shape index (κ3) is 4.63. The van der Waals surface area contributed by atoms with E-state index in [0.29, 0.717) is 48.0 Å². The highest BCUT2D eigenvalue weighted by Gasteiger charge is 2.26. The normalized spacial score (nSPS) is 12.7. The third-order valence-electron chi connectivity index (χ3n) is 5.93. The van der Waals surface area contributed by atoms with Gasteiger partial charge < -0.3 is 28.5 Å². The van der Waals surface area contributed by atoms with Crippen molar-refractivity contribution in [2.45, 2.75) is 13.0 Å². The van der Waals surface area contributed by atoms with Gasteiger partial charge in [0.2, 0.25) is 0 Å². The van der Waals surface area contributed by atoms with Crippen molar-refractivity contribution in [2.75, 3.05) is 26.1 Å². The lowest BCUT2D eigenvalue weighted by Crippen LogP contribution is -2.35. The Labute approximate surface area is 202 Å². The van der Waals surface area contributed by atoms with Gasteiger partial charge in [-0.15, -0.1) is 0 Å². The number of nitrogens with zero attached hydrogens (tertiary/aromatic N) is 1. The largest absolute Gasteiger partial charge is 0.497 e. The lowest BCUT2D eigenvalue weighted by molar-refractivity contribution is 0.0697. The first-order valence-corrected chi connectivity index (χ1v) is 11.1. The zero-order valence-electron chi connectivity index (χ0n) is 19.4. The van der Waals surface area contributed by atoms with E-state index in [0.717, 1.165) is 22.6 Å². The smallest absolute Gasteiger partial charge is 0.289 e. The molecule has 0 fully saturated rings. The number of hydrogen-bond donors (Lipinski definition) is 1. The predicted molar refractivity (Wildman–Crippen MR) is 129 cm³/mol. The quantitative estimate of drug-likeness (QED) is 0.424. The second-order valence-corrected chi connectivity index (χ2v) is 8.15. The molecule has 0 radical (unpaired) electrons. The summed E-state index contributed by atoms with van der Waals surface area (Å²) in [5, 5.41) is 2.89. The molecule has 8 heteroatoms. The molecule has 35 heavy (non-hydrogen) atoms. The second-order valence-electron chi connectivity index (χ2n) is 8.15. The molecule has 1 N–H and O–H groups in total. The lowest BCUT2D eigenvalue weighted by Gasteiger charge is -2.25. The van der Waals surface area contributed by atoms with Gasteiger partial charge in [0.05, 0.1) is 20.5 Å². The fourth-order valence-corrected chi connectivity index (χ4v) is 4.06. The van der Waals surface area contributed by atoms with Crippen LogP contribution in [0.2, 0.25) is 0 Å². The van der Waals surface area contributed by atoms with Crippen LogP contribution in [-0.4, -0.2) is 37.5 Å². The van der Waals surface area contributed by atoms with Crippen molar-refractivity contribution in [3.63, 3.8) is 0 Å². The average molecular weight is 472 g/mol. The number of anilines is 1. The molecule has 0 atom stereocenters. The molecular formula is C27H24N2O6. The van der Waals surface area contributed by atoms with Gasteiger partial charge in [-0.3, -0.25) is 9.59 Å². The SMILES string of the molecule is COc1cc(OC)cc(C(=O)Nc2ccc(-c3cc4c(o3)CCN(C(=O)c3ccco3)C4)cc2)c1. The summed E-state index contributed by atoms with van der Waals surface area (Å²) in [6, 6.07) is 17.8. The summed E-state index contributed by atoms with van der Waals surface area (Å²) in [7, 11) is 3.08. The molecule has 0 bridgehead atoms. The summed E-state index contributed by atoms with van der Waals surface area (Å²) in [5.74, 6) is 2.61. The van der Waals surface area contributed by atoms with Crippen molar-refractivity contribution in [3.05, 3.63) is 89.6 Å². The Balaban J connectivity index is 1.28. The first kappa shape index (κ1) is 22.3. The number of benzene rings is 2. The predicted octanol–water partition coefficient (Wildman–Crippen LogP) is 5.01. The van der Waals surface area contributed by atoms with Gasteiger partial charge in [0.15, 0.2) is 5.76 Å². The molecule has 2 aromatic heterocycles. The van der Waals surface area contributed by atoms with Crippen molar-refractivity contribution < 1.29 is 27.9 Å². The van der Waals surface area contributed by atoms with Gasteiger partial charge in [-0.1, -0.05) is 0 Å². The number of carbonyl (C=O) groups excluding carboxylic acids is 2. The molecule has 8 nitrogen and oxygen atoms in total. The summed E-state index contributed by atoms with van der Waals surface area (Å²) in [5.41, 5.74) is 2.93. The Kier molecular flexibility index (Phi) is 6.01. The van der Waals surface area contributed by atoms with Crippen molar-refractivity contribution in [1.29, 1.82) is 0 Å². The van der Waals surface area contributed by atoms with Crippen LogP contribution in [0.15, 0.2) is 75.8 Å². The maximum absolute atomic E-state index is 12.7. The molecule has 0 spiro atoms. The number of ether oxygens (including phenoxy) is 2. The molecule has 1 aliphatic rings. The van der Waals surface area contributed by atoms with Crippen molar-refractivity contribution in [2.24, 2.45) is 0 Å². The molecule has 0 saturated carbocycles. The van der Waals surface area contributed by atoms with Gasteiger partial charge in [-0.25, -0.2) is 0 Å². The van der Waals surface area contributed by atoms with Crippen LogP contribution in [0.5, 0.6) is 11.5 Å². The van der Waals surface area contributed by atoms with Crippen LogP contribution in [0.3, 0.4) is 0 Å². The summed E-state index contributed by atoms with van der Waals surface area (Å²) in [6.07, 6.45) is 2.14. The first-order valence-electron chi connectivity index (χ1n) is 11.1. The van der Waals surface area contributed by atoms with Crippen LogP contribution in [-0.2, 0) is 13.0 Å². The van der Waals surface area contributed by atoms with E-state index >= 15 is 0 Å². The Morgan fingerprint density at radius 3 is 2.37 bits per heavy atom. The monoisotopic (exact) mass is 472 g/mol. The van der Waals surface area contributed by atoms with Crippen molar-refractivity contribution in [3.8, 4) is 22.8 Å². The molecule has 2 aromatic carbocycles. The number of hydrogen-bond acceptors (Lipinski definition) is 6. The number of amides is 2. The summed E-state index contributed by atoms with van der Waals surface area (Å²) < 4.78 is 21.8. The summed E-state index contributed by atoms with van der Waals surface area (Å²) in [4.78, 5) is 27.1. The van der Waals surface area contributed by atoms with Gasteiger partial charge >= 0.3 is 0 Å². The minimum Gasteiger partial charge on any atom is -0.497 e. The van der Waals surface area contributed by atoms with E-state index in [4.69, 9.17) is 18.3 Å². The van der Waals surface area contributed by atoms with E-state index in [2.05, 4.69) is 5.32 Å². The molecule has 1 aliphatic heterocycles. The zero-order valence-corrected chi connectivity index (χ0v) is 19.4. The lowest BCUT2D eigenvalue weighted by atomic mass is 10.1. The Hall–Kier alpha value is -4.46. The molecule has 0 saturated heterocycles. The van der Waals surface area contributed by atoms with Crippen LogP contribution in [0.4, 0.5) is 5.69 Å². The average Bonchev–Trinajstić information content (AvgIpc) is 3.58. The third-order valence-corrected chi connectivity index (χ3v) is 5.93. The van der Waals surface area contributed by atoms with E-state index in [1.165, 1.54) is 20.5 Å². The Morgan fingerprint density at radius 1 is 0.971 bits per heavy atom. The maximum atomic E-state index is 12.7. The van der Waals surface area contributed by atoms with Crippen LogP contribution in [0.25, 0.3) is 11.3 Å². The van der Waals surface area contributed by atoms with Crippen LogP contribution in [0.1, 0.15) is 32.2 Å². The molecule has 2 amide bonds. The van der Waals surface area contributed by atoms with E-state index in [1.807, 2.05) is 30.3 Å². The standard InChI is InChI=1S/C27H24N2O6/c1-32-21-12-18(13-22(15-21)33-2)26(30)28-20-7-5-17(6-8-20)25-14-19-16-29(10-9-23(19)35-25)27(31)24-4-3-11-34-24/h3-8,11-15H,9-10,16H2,1-2H3,(H,28,30). The Morgan fingerprint density at radius 2 is 1.71 bits per heavy atom. The Bertz CT molecular complexity index is 1330. The van der Waals surface area contributed by atoms with Gasteiger partial charge in [0, 0.05) is 48.0 Å². The maximum Gasteiger partial charge on any atom is 0.289 e. The van der Waals surface area contributed by atoms with Crippen molar-refractivity contribution >= 4 is 17.5 Å². The molecule has 3 heterocycles. The number of fused-ring (bicyclic) bond motifs is 1. The van der Waals surface area contributed by atoms with Crippen LogP contribution in [0, 0.1) is 0 Å². The minimum absolute atomic E-state index is 0.128. The molecule has 5 rings (SSSR count). The molecule has 0 aliphatic carbocycles. The summed E-state index contributed by atoms with van der Waals surface area (Å²) in [6.45, 7) is 1.04. The van der Waals surface area contributed by atoms with Crippen LogP contribution < -0.4 is 14.8 Å².